The molecule has 100 valence electrons. The Morgan fingerprint density at radius 1 is 1.11 bits per heavy atom. The zero-order chi connectivity index (χ0) is 13.5. The van der Waals surface area contributed by atoms with Gasteiger partial charge in [0.1, 0.15) is 0 Å². The average molecular weight is 258 g/mol. The van der Waals surface area contributed by atoms with Gasteiger partial charge in [0.25, 0.3) is 0 Å². The van der Waals surface area contributed by atoms with Crippen LogP contribution in [0.3, 0.4) is 0 Å². The second kappa shape index (κ2) is 6.75. The van der Waals surface area contributed by atoms with Crippen LogP contribution in [0.25, 0.3) is 0 Å². The molecule has 1 heterocycles. The van der Waals surface area contributed by atoms with Gasteiger partial charge in [-0.1, -0.05) is 18.2 Å². The van der Waals surface area contributed by atoms with Crippen LogP contribution in [-0.2, 0) is 17.9 Å². The summed E-state index contributed by atoms with van der Waals surface area (Å²) in [5, 5.41) is 3.36. The Morgan fingerprint density at radius 2 is 2.00 bits per heavy atom. The van der Waals surface area contributed by atoms with E-state index in [1.807, 2.05) is 36.5 Å². The molecule has 0 aliphatic heterocycles. The van der Waals surface area contributed by atoms with E-state index in [1.54, 1.807) is 14.2 Å². The SMILES string of the molecule is COCc1cccc(NCc2ccc(OC)nc2)c1. The second-order valence-electron chi connectivity index (χ2n) is 4.20. The lowest BCUT2D eigenvalue weighted by Crippen LogP contribution is -2.01. The summed E-state index contributed by atoms with van der Waals surface area (Å²) in [6.07, 6.45) is 1.81. The molecule has 2 aromatic rings. The monoisotopic (exact) mass is 258 g/mol. The van der Waals surface area contributed by atoms with Gasteiger partial charge in [-0.15, -0.1) is 0 Å². The van der Waals surface area contributed by atoms with E-state index in [9.17, 15) is 0 Å². The number of methoxy groups -OCH3 is 2. The number of benzene rings is 1. The first-order valence-corrected chi connectivity index (χ1v) is 6.12. The van der Waals surface area contributed by atoms with Crippen LogP contribution in [0.2, 0.25) is 0 Å². The van der Waals surface area contributed by atoms with E-state index in [2.05, 4.69) is 16.4 Å². The molecule has 0 fully saturated rings. The van der Waals surface area contributed by atoms with Crippen LogP contribution < -0.4 is 10.1 Å². The molecule has 1 N–H and O–H groups in total. The molecule has 0 amide bonds. The summed E-state index contributed by atoms with van der Waals surface area (Å²) in [6.45, 7) is 1.35. The molecule has 4 heteroatoms. The molecular weight excluding hydrogens is 240 g/mol. The van der Waals surface area contributed by atoms with E-state index in [-0.39, 0.29) is 0 Å². The lowest BCUT2D eigenvalue weighted by atomic mass is 10.2. The molecule has 4 nitrogen and oxygen atoms in total. The Hall–Kier alpha value is -2.07. The maximum absolute atomic E-state index is 5.12. The molecular formula is C15H18N2O2. The first kappa shape index (κ1) is 13.4. The van der Waals surface area contributed by atoms with Crippen LogP contribution in [0, 0.1) is 0 Å². The largest absolute Gasteiger partial charge is 0.481 e. The predicted octanol–water partition coefficient (Wildman–Crippen LogP) is 2.85. The lowest BCUT2D eigenvalue weighted by molar-refractivity contribution is 0.185. The van der Waals surface area contributed by atoms with Gasteiger partial charge in [-0.05, 0) is 23.3 Å². The minimum absolute atomic E-state index is 0.625. The first-order chi connectivity index (χ1) is 9.31. The molecule has 0 bridgehead atoms. The number of hydrogen-bond acceptors (Lipinski definition) is 4. The molecule has 0 atom stereocenters. The van der Waals surface area contributed by atoms with Crippen LogP contribution >= 0.6 is 0 Å². The van der Waals surface area contributed by atoms with Crippen LogP contribution in [0.5, 0.6) is 5.88 Å². The summed E-state index contributed by atoms with van der Waals surface area (Å²) in [4.78, 5) is 4.17. The molecule has 0 spiro atoms. The number of nitrogens with zero attached hydrogens (tertiary/aromatic N) is 1. The molecule has 1 aromatic carbocycles. The van der Waals surface area contributed by atoms with Gasteiger partial charge in [0, 0.05) is 31.6 Å². The molecule has 2 rings (SSSR count). The van der Waals surface area contributed by atoms with Crippen LogP contribution in [0.4, 0.5) is 5.69 Å². The van der Waals surface area contributed by atoms with Crippen molar-refractivity contribution in [3.05, 3.63) is 53.7 Å². The second-order valence-corrected chi connectivity index (χ2v) is 4.20. The number of pyridine rings is 1. The molecule has 19 heavy (non-hydrogen) atoms. The van der Waals surface area contributed by atoms with Crippen molar-refractivity contribution in [2.75, 3.05) is 19.5 Å². The molecule has 0 radical (unpaired) electrons. The predicted molar refractivity (Wildman–Crippen MR) is 75.3 cm³/mol. The van der Waals surface area contributed by atoms with Crippen molar-refractivity contribution in [1.29, 1.82) is 0 Å². The van der Waals surface area contributed by atoms with Crippen molar-refractivity contribution < 1.29 is 9.47 Å². The third-order valence-corrected chi connectivity index (χ3v) is 2.74. The van der Waals surface area contributed by atoms with Gasteiger partial charge in [0.15, 0.2) is 0 Å². The fourth-order valence-electron chi connectivity index (χ4n) is 1.78. The summed E-state index contributed by atoms with van der Waals surface area (Å²) < 4.78 is 10.1. The van der Waals surface area contributed by atoms with Gasteiger partial charge >= 0.3 is 0 Å². The molecule has 0 aliphatic rings. The van der Waals surface area contributed by atoms with Crippen molar-refractivity contribution >= 4 is 5.69 Å². The van der Waals surface area contributed by atoms with Crippen molar-refractivity contribution in [3.63, 3.8) is 0 Å². The zero-order valence-corrected chi connectivity index (χ0v) is 11.2. The number of anilines is 1. The fourth-order valence-corrected chi connectivity index (χ4v) is 1.78. The lowest BCUT2D eigenvalue weighted by Gasteiger charge is -2.08. The Morgan fingerprint density at radius 3 is 2.68 bits per heavy atom. The molecule has 1 aromatic heterocycles. The number of hydrogen-bond donors (Lipinski definition) is 1. The maximum atomic E-state index is 5.12. The smallest absolute Gasteiger partial charge is 0.212 e. The van der Waals surface area contributed by atoms with E-state index in [0.717, 1.165) is 23.4 Å². The van der Waals surface area contributed by atoms with E-state index >= 15 is 0 Å². The molecule has 0 unspecified atom stereocenters. The summed E-state index contributed by atoms with van der Waals surface area (Å²) in [7, 11) is 3.31. The average Bonchev–Trinajstić information content (AvgIpc) is 2.46. The van der Waals surface area contributed by atoms with E-state index in [0.29, 0.717) is 12.5 Å². The van der Waals surface area contributed by atoms with Crippen molar-refractivity contribution in [1.82, 2.24) is 4.98 Å². The number of rotatable bonds is 6. The topological polar surface area (TPSA) is 43.4 Å². The number of aromatic nitrogens is 1. The van der Waals surface area contributed by atoms with Crippen LogP contribution in [0.15, 0.2) is 42.6 Å². The number of ether oxygens (including phenoxy) is 2. The third-order valence-electron chi connectivity index (χ3n) is 2.74. The van der Waals surface area contributed by atoms with Crippen LogP contribution in [0.1, 0.15) is 11.1 Å². The maximum Gasteiger partial charge on any atom is 0.212 e. The van der Waals surface area contributed by atoms with Gasteiger partial charge in [-0.2, -0.15) is 0 Å². The van der Waals surface area contributed by atoms with Gasteiger partial charge < -0.3 is 14.8 Å². The summed E-state index contributed by atoms with van der Waals surface area (Å²) in [5.74, 6) is 0.630. The van der Waals surface area contributed by atoms with Crippen molar-refractivity contribution in [3.8, 4) is 5.88 Å². The van der Waals surface area contributed by atoms with Crippen molar-refractivity contribution in [2.24, 2.45) is 0 Å². The summed E-state index contributed by atoms with van der Waals surface area (Å²) in [6, 6.07) is 12.0. The Kier molecular flexibility index (Phi) is 4.75. The van der Waals surface area contributed by atoms with Gasteiger partial charge in [-0.3, -0.25) is 0 Å². The fraction of sp³-hybridized carbons (Fsp3) is 0.267. The Balaban J connectivity index is 1.95. The quantitative estimate of drug-likeness (QED) is 0.865. The third kappa shape index (κ3) is 3.96. The molecule has 0 saturated heterocycles. The highest BCUT2D eigenvalue weighted by atomic mass is 16.5. The Labute approximate surface area is 113 Å². The zero-order valence-electron chi connectivity index (χ0n) is 11.2. The van der Waals surface area contributed by atoms with Gasteiger partial charge in [0.2, 0.25) is 5.88 Å². The van der Waals surface area contributed by atoms with Crippen LogP contribution in [-0.4, -0.2) is 19.2 Å². The van der Waals surface area contributed by atoms with E-state index < -0.39 is 0 Å². The van der Waals surface area contributed by atoms with E-state index in [4.69, 9.17) is 9.47 Å². The highest BCUT2D eigenvalue weighted by Crippen LogP contribution is 2.13. The molecule has 0 saturated carbocycles. The standard InChI is InChI=1S/C15H18N2O2/c1-18-11-12-4-3-5-14(8-12)16-9-13-6-7-15(19-2)17-10-13/h3-8,10,16H,9,11H2,1-2H3. The first-order valence-electron chi connectivity index (χ1n) is 6.12. The van der Waals surface area contributed by atoms with E-state index in [1.165, 1.54) is 0 Å². The highest BCUT2D eigenvalue weighted by Gasteiger charge is 1.98. The van der Waals surface area contributed by atoms with Gasteiger partial charge in [-0.25, -0.2) is 4.98 Å². The van der Waals surface area contributed by atoms with Crippen molar-refractivity contribution in [2.45, 2.75) is 13.2 Å². The minimum Gasteiger partial charge on any atom is -0.481 e. The Bertz CT molecular complexity index is 512. The molecule has 0 aliphatic carbocycles. The summed E-state index contributed by atoms with van der Waals surface area (Å²) in [5.41, 5.74) is 3.34. The number of nitrogens with one attached hydrogen (secondary N) is 1. The minimum atomic E-state index is 0.625. The van der Waals surface area contributed by atoms with Gasteiger partial charge in [0.05, 0.1) is 13.7 Å². The summed E-state index contributed by atoms with van der Waals surface area (Å²) >= 11 is 0. The highest BCUT2D eigenvalue weighted by molar-refractivity contribution is 5.46. The normalized spacial score (nSPS) is 10.2.